The normalized spacial score (nSPS) is 9.81. The molecule has 0 spiro atoms. The SMILES string of the molecule is CCCCCN.COC(=O)c1ccc(Cc2cccc(C(=O)O)c2)cc1. The zero-order valence-electron chi connectivity index (χ0n) is 15.4. The van der Waals surface area contributed by atoms with E-state index < -0.39 is 5.97 Å². The van der Waals surface area contributed by atoms with E-state index in [1.165, 1.54) is 26.4 Å². The third-order valence-electron chi connectivity index (χ3n) is 3.76. The molecule has 140 valence electrons. The molecule has 0 amide bonds. The molecule has 0 heterocycles. The van der Waals surface area contributed by atoms with E-state index in [4.69, 9.17) is 10.8 Å². The number of carbonyl (C=O) groups is 2. The second-order valence-electron chi connectivity index (χ2n) is 5.87. The van der Waals surface area contributed by atoms with E-state index in [1.807, 2.05) is 18.2 Å². The number of methoxy groups -OCH3 is 1. The average Bonchev–Trinajstić information content (AvgIpc) is 2.67. The second kappa shape index (κ2) is 11.8. The molecule has 0 atom stereocenters. The minimum Gasteiger partial charge on any atom is -0.478 e. The summed E-state index contributed by atoms with van der Waals surface area (Å²) in [6, 6.07) is 13.9. The van der Waals surface area contributed by atoms with Crippen molar-refractivity contribution in [3.63, 3.8) is 0 Å². The smallest absolute Gasteiger partial charge is 0.337 e. The number of rotatable bonds is 7. The Balaban J connectivity index is 0.000000487. The summed E-state index contributed by atoms with van der Waals surface area (Å²) >= 11 is 0. The topological polar surface area (TPSA) is 89.6 Å². The third-order valence-corrected chi connectivity index (χ3v) is 3.76. The van der Waals surface area contributed by atoms with Crippen molar-refractivity contribution in [1.29, 1.82) is 0 Å². The van der Waals surface area contributed by atoms with Crippen LogP contribution < -0.4 is 5.73 Å². The molecule has 0 fully saturated rings. The van der Waals surface area contributed by atoms with E-state index in [1.54, 1.807) is 30.3 Å². The highest BCUT2D eigenvalue weighted by Crippen LogP contribution is 2.13. The van der Waals surface area contributed by atoms with Crippen LogP contribution in [0, 0.1) is 0 Å². The Kier molecular flexibility index (Phi) is 9.72. The zero-order valence-corrected chi connectivity index (χ0v) is 15.4. The van der Waals surface area contributed by atoms with Crippen molar-refractivity contribution in [1.82, 2.24) is 0 Å². The van der Waals surface area contributed by atoms with E-state index in [0.29, 0.717) is 12.0 Å². The lowest BCUT2D eigenvalue weighted by Gasteiger charge is -2.04. The first kappa shape index (κ1) is 21.4. The highest BCUT2D eigenvalue weighted by Gasteiger charge is 2.06. The van der Waals surface area contributed by atoms with Gasteiger partial charge < -0.3 is 15.6 Å². The molecule has 5 heteroatoms. The van der Waals surface area contributed by atoms with Gasteiger partial charge in [-0.1, -0.05) is 44.0 Å². The van der Waals surface area contributed by atoms with Gasteiger partial charge in [0.05, 0.1) is 18.2 Å². The van der Waals surface area contributed by atoms with Crippen LogP contribution in [0.25, 0.3) is 0 Å². The Hall–Kier alpha value is -2.66. The van der Waals surface area contributed by atoms with E-state index in [-0.39, 0.29) is 11.5 Å². The molecule has 0 saturated heterocycles. The quantitative estimate of drug-likeness (QED) is 0.579. The van der Waals surface area contributed by atoms with Gasteiger partial charge in [0.2, 0.25) is 0 Å². The molecule has 0 bridgehead atoms. The van der Waals surface area contributed by atoms with Gasteiger partial charge in [0, 0.05) is 0 Å². The maximum absolute atomic E-state index is 11.3. The fourth-order valence-electron chi connectivity index (χ4n) is 2.32. The number of aromatic carboxylic acids is 1. The summed E-state index contributed by atoms with van der Waals surface area (Å²) in [7, 11) is 1.34. The molecule has 0 aliphatic carbocycles. The van der Waals surface area contributed by atoms with Gasteiger partial charge in [-0.3, -0.25) is 0 Å². The van der Waals surface area contributed by atoms with Crippen LogP contribution in [0.2, 0.25) is 0 Å². The van der Waals surface area contributed by atoms with Gasteiger partial charge in [0.15, 0.2) is 0 Å². The van der Waals surface area contributed by atoms with E-state index in [9.17, 15) is 9.59 Å². The molecule has 2 rings (SSSR count). The fraction of sp³-hybridized carbons (Fsp3) is 0.333. The predicted molar refractivity (Wildman–Crippen MR) is 103 cm³/mol. The van der Waals surface area contributed by atoms with E-state index in [0.717, 1.165) is 17.7 Å². The van der Waals surface area contributed by atoms with Crippen LogP contribution in [0.15, 0.2) is 48.5 Å². The average molecular weight is 357 g/mol. The number of esters is 1. The summed E-state index contributed by atoms with van der Waals surface area (Å²) in [4.78, 5) is 22.2. The second-order valence-corrected chi connectivity index (χ2v) is 5.87. The molecule has 0 aliphatic rings. The Morgan fingerprint density at radius 2 is 1.69 bits per heavy atom. The molecular formula is C21H27NO4. The van der Waals surface area contributed by atoms with Crippen LogP contribution >= 0.6 is 0 Å². The van der Waals surface area contributed by atoms with Gasteiger partial charge in [-0.2, -0.15) is 0 Å². The number of benzene rings is 2. The Morgan fingerprint density at radius 1 is 1.00 bits per heavy atom. The van der Waals surface area contributed by atoms with Crippen LogP contribution in [0.4, 0.5) is 0 Å². The van der Waals surface area contributed by atoms with Crippen molar-refractivity contribution in [3.8, 4) is 0 Å². The largest absolute Gasteiger partial charge is 0.478 e. The first-order valence-corrected chi connectivity index (χ1v) is 8.71. The molecule has 2 aromatic rings. The monoisotopic (exact) mass is 357 g/mol. The van der Waals surface area contributed by atoms with Crippen LogP contribution in [-0.2, 0) is 11.2 Å². The molecule has 2 aromatic carbocycles. The molecule has 0 aromatic heterocycles. The highest BCUT2D eigenvalue weighted by molar-refractivity contribution is 5.89. The Bertz CT molecular complexity index is 691. The Labute approximate surface area is 154 Å². The number of unbranched alkanes of at least 4 members (excludes halogenated alkanes) is 2. The maximum atomic E-state index is 11.3. The summed E-state index contributed by atoms with van der Waals surface area (Å²) in [5.41, 5.74) is 7.90. The number of carboxylic acids is 1. The van der Waals surface area contributed by atoms with Crippen molar-refractivity contribution in [2.24, 2.45) is 5.73 Å². The summed E-state index contributed by atoms with van der Waals surface area (Å²) in [6.45, 7) is 3.03. The summed E-state index contributed by atoms with van der Waals surface area (Å²) in [5.74, 6) is -1.31. The number of carbonyl (C=O) groups excluding carboxylic acids is 1. The predicted octanol–water partition coefficient (Wildman–Crippen LogP) is 3.90. The summed E-state index contributed by atoms with van der Waals surface area (Å²) in [5, 5.41) is 8.95. The van der Waals surface area contributed by atoms with Gasteiger partial charge in [-0.25, -0.2) is 9.59 Å². The fourth-order valence-corrected chi connectivity index (χ4v) is 2.32. The molecule has 0 unspecified atom stereocenters. The van der Waals surface area contributed by atoms with Crippen LogP contribution in [0.1, 0.15) is 58.0 Å². The van der Waals surface area contributed by atoms with Gasteiger partial charge in [-0.15, -0.1) is 0 Å². The third kappa shape index (κ3) is 7.49. The van der Waals surface area contributed by atoms with Crippen molar-refractivity contribution in [2.45, 2.75) is 32.6 Å². The van der Waals surface area contributed by atoms with Gasteiger partial charge in [0.1, 0.15) is 0 Å². The summed E-state index contributed by atoms with van der Waals surface area (Å²) < 4.78 is 4.63. The molecule has 26 heavy (non-hydrogen) atoms. The van der Waals surface area contributed by atoms with Crippen molar-refractivity contribution >= 4 is 11.9 Å². The first-order chi connectivity index (χ1) is 12.5. The van der Waals surface area contributed by atoms with Gasteiger partial charge >= 0.3 is 11.9 Å². The lowest BCUT2D eigenvalue weighted by atomic mass is 10.0. The van der Waals surface area contributed by atoms with Crippen molar-refractivity contribution in [2.75, 3.05) is 13.7 Å². The summed E-state index contributed by atoms with van der Waals surface area (Å²) in [6.07, 6.45) is 4.37. The molecule has 0 aliphatic heterocycles. The first-order valence-electron chi connectivity index (χ1n) is 8.71. The minimum atomic E-state index is -0.937. The molecule has 5 nitrogen and oxygen atoms in total. The van der Waals surface area contributed by atoms with Crippen LogP contribution in [0.3, 0.4) is 0 Å². The highest BCUT2D eigenvalue weighted by atomic mass is 16.5. The number of hydrogen-bond acceptors (Lipinski definition) is 4. The van der Waals surface area contributed by atoms with Crippen LogP contribution in [-0.4, -0.2) is 30.7 Å². The van der Waals surface area contributed by atoms with E-state index >= 15 is 0 Å². The number of hydrogen-bond donors (Lipinski definition) is 2. The van der Waals surface area contributed by atoms with Gasteiger partial charge in [0.25, 0.3) is 0 Å². The number of carboxylic acid groups (broad SMARTS) is 1. The molecule has 0 radical (unpaired) electrons. The molecule has 3 N–H and O–H groups in total. The Morgan fingerprint density at radius 3 is 2.19 bits per heavy atom. The van der Waals surface area contributed by atoms with Gasteiger partial charge in [-0.05, 0) is 54.8 Å². The van der Waals surface area contributed by atoms with E-state index in [2.05, 4.69) is 11.7 Å². The number of nitrogens with two attached hydrogens (primary N) is 1. The van der Waals surface area contributed by atoms with Crippen LogP contribution in [0.5, 0.6) is 0 Å². The lowest BCUT2D eigenvalue weighted by molar-refractivity contribution is 0.0599. The maximum Gasteiger partial charge on any atom is 0.337 e. The van der Waals surface area contributed by atoms with Crippen molar-refractivity contribution in [3.05, 3.63) is 70.8 Å². The van der Waals surface area contributed by atoms with Crippen molar-refractivity contribution < 1.29 is 19.4 Å². The standard InChI is InChI=1S/C16H14O4.C5H13N/c1-20-16(19)13-7-5-11(6-8-13)9-12-3-2-4-14(10-12)15(17)18;1-2-3-4-5-6/h2-8,10H,9H2,1H3,(H,17,18);2-6H2,1H3. The molecular weight excluding hydrogens is 330 g/mol. The zero-order chi connectivity index (χ0) is 19.4. The molecule has 0 saturated carbocycles. The number of ether oxygens (including phenoxy) is 1. The lowest BCUT2D eigenvalue weighted by Crippen LogP contribution is -2.01. The minimum absolute atomic E-state index is 0.272.